The Morgan fingerprint density at radius 1 is 0.941 bits per heavy atom. The molecule has 0 saturated heterocycles. The maximum Gasteiger partial charge on any atom is 0.234 e. The van der Waals surface area contributed by atoms with Crippen LogP contribution in [0.4, 0.5) is 0 Å². The van der Waals surface area contributed by atoms with Crippen molar-refractivity contribution in [3.63, 3.8) is 0 Å². The van der Waals surface area contributed by atoms with E-state index in [1.165, 1.54) is 5.56 Å². The van der Waals surface area contributed by atoms with Gasteiger partial charge in [0.05, 0.1) is 40.0 Å². The minimum Gasteiger partial charge on any atom is -0.496 e. The van der Waals surface area contributed by atoms with E-state index in [1.807, 2.05) is 55.5 Å². The third-order valence-electron chi connectivity index (χ3n) is 6.42. The number of benzene rings is 3. The number of fused-ring (bicyclic) bond motifs is 1. The molecule has 0 aromatic heterocycles. The molecule has 0 bridgehead atoms. The minimum absolute atomic E-state index is 0.0248. The first-order valence-electron chi connectivity index (χ1n) is 11.5. The summed E-state index contributed by atoms with van der Waals surface area (Å²) in [5, 5.41) is 3.15. The van der Waals surface area contributed by atoms with Crippen LogP contribution in [0.1, 0.15) is 41.3 Å². The van der Waals surface area contributed by atoms with Crippen molar-refractivity contribution in [1.29, 1.82) is 0 Å². The van der Waals surface area contributed by atoms with Gasteiger partial charge in [0.1, 0.15) is 5.75 Å². The highest BCUT2D eigenvalue weighted by Crippen LogP contribution is 2.40. The van der Waals surface area contributed by atoms with Gasteiger partial charge in [-0.05, 0) is 48.2 Å². The van der Waals surface area contributed by atoms with Crippen LogP contribution in [0.2, 0.25) is 0 Å². The molecule has 0 spiro atoms. The van der Waals surface area contributed by atoms with Crippen molar-refractivity contribution in [2.24, 2.45) is 0 Å². The molecule has 6 nitrogen and oxygen atoms in total. The van der Waals surface area contributed by atoms with Crippen molar-refractivity contribution in [3.8, 4) is 17.2 Å². The first kappa shape index (κ1) is 23.6. The number of amides is 1. The minimum atomic E-state index is -0.166. The van der Waals surface area contributed by atoms with Gasteiger partial charge in [-0.3, -0.25) is 9.69 Å². The Labute approximate surface area is 201 Å². The zero-order valence-electron chi connectivity index (χ0n) is 20.2. The van der Waals surface area contributed by atoms with Gasteiger partial charge in [0, 0.05) is 12.1 Å². The number of methoxy groups -OCH3 is 3. The van der Waals surface area contributed by atoms with E-state index in [0.717, 1.165) is 41.2 Å². The van der Waals surface area contributed by atoms with Gasteiger partial charge in [-0.15, -0.1) is 0 Å². The van der Waals surface area contributed by atoms with Crippen molar-refractivity contribution in [3.05, 3.63) is 89.0 Å². The lowest BCUT2D eigenvalue weighted by Crippen LogP contribution is -2.43. The summed E-state index contributed by atoms with van der Waals surface area (Å²) in [5.41, 5.74) is 4.45. The summed E-state index contributed by atoms with van der Waals surface area (Å²) in [6.07, 6.45) is 0.828. The number of para-hydroxylation sites is 1. The van der Waals surface area contributed by atoms with E-state index in [9.17, 15) is 4.79 Å². The molecular formula is C28H32N2O4. The van der Waals surface area contributed by atoms with Crippen LogP contribution in [0.5, 0.6) is 17.2 Å². The molecule has 0 fully saturated rings. The van der Waals surface area contributed by atoms with E-state index in [1.54, 1.807) is 21.3 Å². The molecule has 6 heteroatoms. The van der Waals surface area contributed by atoms with Crippen LogP contribution < -0.4 is 19.5 Å². The Bertz CT molecular complexity index is 1130. The lowest BCUT2D eigenvalue weighted by atomic mass is 9.87. The first-order chi connectivity index (χ1) is 16.5. The van der Waals surface area contributed by atoms with Crippen LogP contribution in [0.15, 0.2) is 66.7 Å². The highest BCUT2D eigenvalue weighted by molar-refractivity contribution is 5.79. The number of hydrogen-bond donors (Lipinski definition) is 1. The number of ether oxygens (including phenoxy) is 3. The lowest BCUT2D eigenvalue weighted by Gasteiger charge is -2.38. The van der Waals surface area contributed by atoms with E-state index in [0.29, 0.717) is 5.75 Å². The third kappa shape index (κ3) is 4.87. The summed E-state index contributed by atoms with van der Waals surface area (Å²) in [5.74, 6) is 2.16. The van der Waals surface area contributed by atoms with E-state index in [4.69, 9.17) is 14.2 Å². The van der Waals surface area contributed by atoms with Crippen molar-refractivity contribution in [1.82, 2.24) is 10.2 Å². The average Bonchev–Trinajstić information content (AvgIpc) is 2.88. The molecule has 2 unspecified atom stereocenters. The maximum absolute atomic E-state index is 13.2. The Kier molecular flexibility index (Phi) is 7.38. The molecule has 2 atom stereocenters. The molecule has 1 aliphatic rings. The SMILES string of the molecule is COc1cc2c(cc1OC)C(c1ccccc1)N(CC(=O)NC(C)c1ccccc1OC)CC2. The van der Waals surface area contributed by atoms with Crippen LogP contribution in [0, 0.1) is 0 Å². The number of carbonyl (C=O) groups is 1. The van der Waals surface area contributed by atoms with E-state index < -0.39 is 0 Å². The smallest absolute Gasteiger partial charge is 0.234 e. The fraction of sp³-hybridized carbons (Fsp3) is 0.321. The van der Waals surface area contributed by atoms with E-state index in [-0.39, 0.29) is 24.5 Å². The molecule has 1 heterocycles. The molecule has 178 valence electrons. The van der Waals surface area contributed by atoms with Gasteiger partial charge in [0.2, 0.25) is 5.91 Å². The molecule has 34 heavy (non-hydrogen) atoms. The molecular weight excluding hydrogens is 428 g/mol. The van der Waals surface area contributed by atoms with Gasteiger partial charge in [0.15, 0.2) is 11.5 Å². The molecule has 0 aliphatic carbocycles. The predicted octanol–water partition coefficient (Wildman–Crippen LogP) is 4.54. The summed E-state index contributed by atoms with van der Waals surface area (Å²) in [6.45, 7) is 3.03. The summed E-state index contributed by atoms with van der Waals surface area (Å²) in [7, 11) is 4.95. The average molecular weight is 461 g/mol. The highest BCUT2D eigenvalue weighted by Gasteiger charge is 2.31. The van der Waals surface area contributed by atoms with Crippen LogP contribution in [0.25, 0.3) is 0 Å². The molecule has 0 saturated carbocycles. The van der Waals surface area contributed by atoms with Crippen LogP contribution in [-0.4, -0.2) is 45.2 Å². The molecule has 0 radical (unpaired) electrons. The van der Waals surface area contributed by atoms with Crippen LogP contribution in [-0.2, 0) is 11.2 Å². The molecule has 1 N–H and O–H groups in total. The largest absolute Gasteiger partial charge is 0.496 e. The zero-order valence-corrected chi connectivity index (χ0v) is 20.2. The van der Waals surface area contributed by atoms with Gasteiger partial charge < -0.3 is 19.5 Å². The zero-order chi connectivity index (χ0) is 24.1. The summed E-state index contributed by atoms with van der Waals surface area (Å²) < 4.78 is 16.6. The van der Waals surface area contributed by atoms with E-state index >= 15 is 0 Å². The molecule has 1 aliphatic heterocycles. The van der Waals surface area contributed by atoms with Gasteiger partial charge in [0.25, 0.3) is 0 Å². The van der Waals surface area contributed by atoms with Crippen molar-refractivity contribution in [2.45, 2.75) is 25.4 Å². The summed E-state index contributed by atoms with van der Waals surface area (Å²) in [6, 6.07) is 21.9. The quantitative estimate of drug-likeness (QED) is 0.535. The number of rotatable bonds is 8. The van der Waals surface area contributed by atoms with Gasteiger partial charge in [-0.25, -0.2) is 0 Å². The first-order valence-corrected chi connectivity index (χ1v) is 11.5. The number of nitrogens with zero attached hydrogens (tertiary/aromatic N) is 1. The number of nitrogens with one attached hydrogen (secondary N) is 1. The van der Waals surface area contributed by atoms with Crippen molar-refractivity contribution < 1.29 is 19.0 Å². The predicted molar refractivity (Wildman–Crippen MR) is 133 cm³/mol. The lowest BCUT2D eigenvalue weighted by molar-refractivity contribution is -0.123. The fourth-order valence-corrected chi connectivity index (χ4v) is 4.77. The Morgan fingerprint density at radius 2 is 1.59 bits per heavy atom. The summed E-state index contributed by atoms with van der Waals surface area (Å²) >= 11 is 0. The topological polar surface area (TPSA) is 60.0 Å². The second kappa shape index (κ2) is 10.6. The van der Waals surface area contributed by atoms with Crippen LogP contribution in [0.3, 0.4) is 0 Å². The highest BCUT2D eigenvalue weighted by atomic mass is 16.5. The maximum atomic E-state index is 13.2. The standard InChI is InChI=1S/C28H32N2O4/c1-19(22-12-8-9-13-24(22)32-2)29-27(31)18-30-15-14-21-16-25(33-3)26(34-4)17-23(21)28(30)20-10-6-5-7-11-20/h5-13,16-17,19,28H,14-15,18H2,1-4H3,(H,29,31). The molecule has 3 aromatic rings. The van der Waals surface area contributed by atoms with Gasteiger partial charge >= 0.3 is 0 Å². The normalized spacial score (nSPS) is 16.3. The Hall–Kier alpha value is -3.51. The Balaban J connectivity index is 1.60. The third-order valence-corrected chi connectivity index (χ3v) is 6.42. The molecule has 4 rings (SSSR count). The molecule has 3 aromatic carbocycles. The van der Waals surface area contributed by atoms with E-state index in [2.05, 4.69) is 28.4 Å². The van der Waals surface area contributed by atoms with Crippen molar-refractivity contribution >= 4 is 5.91 Å². The van der Waals surface area contributed by atoms with Gasteiger partial charge in [-0.1, -0.05) is 48.5 Å². The molecule has 1 amide bonds. The second-order valence-electron chi connectivity index (χ2n) is 8.47. The van der Waals surface area contributed by atoms with Gasteiger partial charge in [-0.2, -0.15) is 0 Å². The van der Waals surface area contributed by atoms with Crippen molar-refractivity contribution in [2.75, 3.05) is 34.4 Å². The second-order valence-corrected chi connectivity index (χ2v) is 8.47. The monoisotopic (exact) mass is 460 g/mol. The number of carbonyl (C=O) groups excluding carboxylic acids is 1. The fourth-order valence-electron chi connectivity index (χ4n) is 4.77. The number of hydrogen-bond acceptors (Lipinski definition) is 5. The summed E-state index contributed by atoms with van der Waals surface area (Å²) in [4.78, 5) is 15.4. The Morgan fingerprint density at radius 3 is 2.29 bits per heavy atom. The van der Waals surface area contributed by atoms with Crippen LogP contribution >= 0.6 is 0 Å².